The van der Waals surface area contributed by atoms with Crippen molar-refractivity contribution in [3.63, 3.8) is 0 Å². The fraction of sp³-hybridized carbons (Fsp3) is 0.571. The van der Waals surface area contributed by atoms with E-state index in [-0.39, 0.29) is 0 Å². The van der Waals surface area contributed by atoms with Gasteiger partial charge in [-0.2, -0.15) is 0 Å². The fourth-order valence-electron chi connectivity index (χ4n) is 4.78. The molecule has 2 aliphatic heterocycles. The van der Waals surface area contributed by atoms with Gasteiger partial charge in [-0.15, -0.1) is 11.3 Å². The maximum Gasteiger partial charge on any atom is 0.0795 e. The van der Waals surface area contributed by atoms with Gasteiger partial charge < -0.3 is 4.90 Å². The van der Waals surface area contributed by atoms with Crippen LogP contribution in [0.25, 0.3) is 0 Å². The van der Waals surface area contributed by atoms with Crippen LogP contribution >= 0.6 is 11.3 Å². The molecule has 134 valence electrons. The SMILES string of the molecule is CCN1C[C@H](c2ccccc2)CC2(CCN(Cc3cscn3)CC2)C1. The van der Waals surface area contributed by atoms with Crippen LogP contribution in [0.3, 0.4) is 0 Å². The van der Waals surface area contributed by atoms with Gasteiger partial charge in [0.1, 0.15) is 0 Å². The van der Waals surface area contributed by atoms with Crippen molar-refractivity contribution in [1.82, 2.24) is 14.8 Å². The number of rotatable bonds is 4. The molecule has 4 heteroatoms. The summed E-state index contributed by atoms with van der Waals surface area (Å²) in [5.41, 5.74) is 5.23. The number of hydrogen-bond donors (Lipinski definition) is 0. The summed E-state index contributed by atoms with van der Waals surface area (Å²) in [7, 11) is 0. The topological polar surface area (TPSA) is 19.4 Å². The Morgan fingerprint density at radius 1 is 1.16 bits per heavy atom. The molecule has 0 N–H and O–H groups in total. The van der Waals surface area contributed by atoms with Gasteiger partial charge in [-0.3, -0.25) is 4.90 Å². The lowest BCUT2D eigenvalue weighted by atomic mass is 9.68. The Labute approximate surface area is 155 Å². The molecule has 2 aromatic rings. The number of likely N-dealkylation sites (N-methyl/N-ethyl adjacent to an activating group) is 1. The van der Waals surface area contributed by atoms with E-state index in [2.05, 4.69) is 57.4 Å². The van der Waals surface area contributed by atoms with E-state index in [1.54, 1.807) is 11.3 Å². The molecule has 1 aromatic heterocycles. The van der Waals surface area contributed by atoms with Crippen molar-refractivity contribution in [3.8, 4) is 0 Å². The molecule has 3 nitrogen and oxygen atoms in total. The molecule has 2 saturated heterocycles. The molecule has 0 bridgehead atoms. The van der Waals surface area contributed by atoms with Crippen LogP contribution in [0.1, 0.15) is 43.4 Å². The first-order chi connectivity index (χ1) is 12.3. The summed E-state index contributed by atoms with van der Waals surface area (Å²) in [6.07, 6.45) is 4.02. The van der Waals surface area contributed by atoms with E-state index in [4.69, 9.17) is 0 Å². The Balaban J connectivity index is 1.43. The normalized spacial score (nSPS) is 24.6. The fourth-order valence-corrected chi connectivity index (χ4v) is 5.33. The lowest BCUT2D eigenvalue weighted by molar-refractivity contribution is 0.0135. The first kappa shape index (κ1) is 17.2. The van der Waals surface area contributed by atoms with Gasteiger partial charge >= 0.3 is 0 Å². The minimum absolute atomic E-state index is 0.507. The Kier molecular flexibility index (Phi) is 5.20. The summed E-state index contributed by atoms with van der Waals surface area (Å²) in [5, 5.41) is 2.19. The number of nitrogens with zero attached hydrogens (tertiary/aromatic N) is 3. The number of benzene rings is 1. The number of aromatic nitrogens is 1. The van der Waals surface area contributed by atoms with Gasteiger partial charge in [-0.25, -0.2) is 4.98 Å². The van der Waals surface area contributed by atoms with E-state index in [0.29, 0.717) is 11.3 Å². The molecule has 1 spiro atoms. The van der Waals surface area contributed by atoms with Gasteiger partial charge in [0.05, 0.1) is 11.2 Å². The summed E-state index contributed by atoms with van der Waals surface area (Å²) in [4.78, 5) is 9.75. The molecule has 0 radical (unpaired) electrons. The van der Waals surface area contributed by atoms with Crippen molar-refractivity contribution in [2.24, 2.45) is 5.41 Å². The van der Waals surface area contributed by atoms with Gasteiger partial charge in [-0.05, 0) is 55.8 Å². The first-order valence-electron chi connectivity index (χ1n) is 9.63. The quantitative estimate of drug-likeness (QED) is 0.818. The van der Waals surface area contributed by atoms with Crippen molar-refractivity contribution in [3.05, 3.63) is 52.5 Å². The number of likely N-dealkylation sites (tertiary alicyclic amines) is 2. The maximum atomic E-state index is 4.46. The predicted molar refractivity (Wildman–Crippen MR) is 105 cm³/mol. The van der Waals surface area contributed by atoms with Crippen LogP contribution in [0.5, 0.6) is 0 Å². The molecule has 0 amide bonds. The van der Waals surface area contributed by atoms with Crippen LogP contribution in [0.15, 0.2) is 41.2 Å². The third kappa shape index (κ3) is 3.97. The molecule has 0 aliphatic carbocycles. The van der Waals surface area contributed by atoms with Crippen LogP contribution < -0.4 is 0 Å². The van der Waals surface area contributed by atoms with E-state index >= 15 is 0 Å². The molecule has 0 unspecified atom stereocenters. The van der Waals surface area contributed by atoms with Crippen molar-refractivity contribution in [1.29, 1.82) is 0 Å². The molecular weight excluding hydrogens is 326 g/mol. The summed E-state index contributed by atoms with van der Waals surface area (Å²) in [6.45, 7) is 9.47. The van der Waals surface area contributed by atoms with Gasteiger partial charge in [0.15, 0.2) is 0 Å². The molecule has 1 aromatic carbocycles. The minimum Gasteiger partial charge on any atom is -0.302 e. The van der Waals surface area contributed by atoms with Crippen LogP contribution in [-0.2, 0) is 6.54 Å². The average Bonchev–Trinajstić information content (AvgIpc) is 3.17. The molecule has 2 fully saturated rings. The molecular formula is C21H29N3S. The summed E-state index contributed by atoms with van der Waals surface area (Å²) in [6, 6.07) is 11.2. The molecule has 4 rings (SSSR count). The number of thiazole rings is 1. The van der Waals surface area contributed by atoms with Crippen molar-refractivity contribution < 1.29 is 0 Å². The molecule has 0 saturated carbocycles. The zero-order valence-corrected chi connectivity index (χ0v) is 16.0. The number of hydrogen-bond acceptors (Lipinski definition) is 4. The van der Waals surface area contributed by atoms with Crippen LogP contribution in [0, 0.1) is 5.41 Å². The van der Waals surface area contributed by atoms with Gasteiger partial charge in [0.25, 0.3) is 0 Å². The molecule has 1 atom stereocenters. The van der Waals surface area contributed by atoms with E-state index < -0.39 is 0 Å². The smallest absolute Gasteiger partial charge is 0.0795 e. The van der Waals surface area contributed by atoms with E-state index in [1.165, 1.54) is 63.2 Å². The first-order valence-corrected chi connectivity index (χ1v) is 10.6. The van der Waals surface area contributed by atoms with Gasteiger partial charge in [-0.1, -0.05) is 37.3 Å². The van der Waals surface area contributed by atoms with Crippen LogP contribution in [-0.4, -0.2) is 47.5 Å². The molecule has 25 heavy (non-hydrogen) atoms. The summed E-state index contributed by atoms with van der Waals surface area (Å²) in [5.74, 6) is 0.694. The van der Waals surface area contributed by atoms with Crippen molar-refractivity contribution >= 4 is 11.3 Å². The largest absolute Gasteiger partial charge is 0.302 e. The Bertz CT molecular complexity index is 647. The number of piperidine rings is 2. The minimum atomic E-state index is 0.507. The highest BCUT2D eigenvalue weighted by molar-refractivity contribution is 7.07. The van der Waals surface area contributed by atoms with E-state index in [0.717, 1.165) is 6.54 Å². The highest BCUT2D eigenvalue weighted by Crippen LogP contribution is 2.45. The third-order valence-electron chi connectivity index (χ3n) is 6.22. The highest BCUT2D eigenvalue weighted by Gasteiger charge is 2.41. The molecule has 3 heterocycles. The second kappa shape index (κ2) is 7.56. The Morgan fingerprint density at radius 3 is 2.64 bits per heavy atom. The van der Waals surface area contributed by atoms with Crippen molar-refractivity contribution in [2.75, 3.05) is 32.7 Å². The summed E-state index contributed by atoms with van der Waals surface area (Å²) >= 11 is 1.71. The monoisotopic (exact) mass is 355 g/mol. The second-order valence-electron chi connectivity index (χ2n) is 7.90. The Morgan fingerprint density at radius 2 is 1.96 bits per heavy atom. The lowest BCUT2D eigenvalue weighted by Crippen LogP contribution is -2.51. The lowest BCUT2D eigenvalue weighted by Gasteiger charge is -2.50. The predicted octanol–water partition coefficient (Wildman–Crippen LogP) is 4.23. The standard InChI is InChI=1S/C21H29N3S/c1-2-23-13-19(18-6-4-3-5-7-18)12-21(16-23)8-10-24(11-9-21)14-20-15-25-17-22-20/h3-7,15,17,19H,2,8-14,16H2,1H3/t19-/m1/s1. The molecule has 2 aliphatic rings. The zero-order chi connectivity index (χ0) is 17.1. The van der Waals surface area contributed by atoms with Crippen LogP contribution in [0.2, 0.25) is 0 Å². The van der Waals surface area contributed by atoms with Gasteiger partial charge in [0, 0.05) is 25.0 Å². The maximum absolute atomic E-state index is 4.46. The van der Waals surface area contributed by atoms with Crippen LogP contribution in [0.4, 0.5) is 0 Å². The zero-order valence-electron chi connectivity index (χ0n) is 15.2. The van der Waals surface area contributed by atoms with Crippen molar-refractivity contribution in [2.45, 2.75) is 38.6 Å². The average molecular weight is 356 g/mol. The second-order valence-corrected chi connectivity index (χ2v) is 8.61. The summed E-state index contributed by atoms with van der Waals surface area (Å²) < 4.78 is 0. The van der Waals surface area contributed by atoms with E-state index in [9.17, 15) is 0 Å². The van der Waals surface area contributed by atoms with Gasteiger partial charge in [0.2, 0.25) is 0 Å². The third-order valence-corrected chi connectivity index (χ3v) is 6.86. The Hall–Kier alpha value is -1.23. The highest BCUT2D eigenvalue weighted by atomic mass is 32.1. The van der Waals surface area contributed by atoms with E-state index in [1.807, 2.05) is 5.51 Å².